The van der Waals surface area contributed by atoms with Gasteiger partial charge in [-0.15, -0.1) is 13.2 Å². The molecule has 2 aliphatic rings. The summed E-state index contributed by atoms with van der Waals surface area (Å²) in [7, 11) is 0. The van der Waals surface area contributed by atoms with Crippen LogP contribution in [-0.4, -0.2) is 66.4 Å². The van der Waals surface area contributed by atoms with Crippen LogP contribution in [0.3, 0.4) is 0 Å². The Morgan fingerprint density at radius 1 is 1.18 bits per heavy atom. The molecule has 0 bridgehead atoms. The third-order valence-corrected chi connectivity index (χ3v) is 5.62. The Morgan fingerprint density at radius 3 is 2.50 bits per heavy atom. The molecule has 0 aliphatic carbocycles. The first kappa shape index (κ1) is 23.5. The van der Waals surface area contributed by atoms with E-state index >= 15 is 0 Å². The molecule has 0 saturated carbocycles. The molecule has 2 atom stereocenters. The molecule has 2 aromatic rings. The summed E-state index contributed by atoms with van der Waals surface area (Å²) >= 11 is 0. The zero-order valence-electron chi connectivity index (χ0n) is 18.0. The van der Waals surface area contributed by atoms with Crippen LogP contribution >= 0.6 is 0 Å². The van der Waals surface area contributed by atoms with Crippen molar-refractivity contribution in [3.8, 4) is 5.75 Å². The molecule has 4 rings (SSSR count). The van der Waals surface area contributed by atoms with Gasteiger partial charge in [-0.25, -0.2) is 9.69 Å². The number of alkyl halides is 3. The zero-order valence-corrected chi connectivity index (χ0v) is 18.0. The van der Waals surface area contributed by atoms with Gasteiger partial charge in [0, 0.05) is 25.2 Å². The second kappa shape index (κ2) is 9.29. The molecule has 2 fully saturated rings. The summed E-state index contributed by atoms with van der Waals surface area (Å²) in [5, 5.41) is 2.61. The summed E-state index contributed by atoms with van der Waals surface area (Å²) in [6.45, 7) is 3.54. The van der Waals surface area contributed by atoms with Crippen molar-refractivity contribution in [1.82, 2.24) is 15.2 Å². The van der Waals surface area contributed by atoms with E-state index in [-0.39, 0.29) is 17.3 Å². The molecule has 2 saturated heterocycles. The maximum Gasteiger partial charge on any atom is 0.573 e. The third kappa shape index (κ3) is 4.96. The summed E-state index contributed by atoms with van der Waals surface area (Å²) in [4.78, 5) is 45.0. The maximum absolute atomic E-state index is 13.0. The van der Waals surface area contributed by atoms with Gasteiger partial charge in [0.05, 0.1) is 18.9 Å². The highest BCUT2D eigenvalue weighted by Gasteiger charge is 2.42. The van der Waals surface area contributed by atoms with Gasteiger partial charge in [0.1, 0.15) is 17.5 Å². The van der Waals surface area contributed by atoms with E-state index in [1.165, 1.54) is 18.3 Å². The molecule has 0 radical (unpaired) electrons. The molecule has 9 nitrogen and oxygen atoms in total. The molecule has 0 spiro atoms. The van der Waals surface area contributed by atoms with Crippen molar-refractivity contribution >= 4 is 23.5 Å². The molecule has 1 aromatic heterocycles. The molecule has 2 aliphatic heterocycles. The van der Waals surface area contributed by atoms with Crippen LogP contribution in [0.5, 0.6) is 5.75 Å². The lowest BCUT2D eigenvalue weighted by Crippen LogP contribution is -2.41. The van der Waals surface area contributed by atoms with Gasteiger partial charge in [-0.1, -0.05) is 6.92 Å². The van der Waals surface area contributed by atoms with Crippen molar-refractivity contribution < 1.29 is 37.0 Å². The zero-order chi connectivity index (χ0) is 24.5. The predicted octanol–water partition coefficient (Wildman–Crippen LogP) is 2.68. The average molecular weight is 478 g/mol. The molecular weight excluding hydrogens is 457 g/mol. The van der Waals surface area contributed by atoms with Crippen LogP contribution in [0.15, 0.2) is 42.6 Å². The fourth-order valence-electron chi connectivity index (χ4n) is 3.85. The number of nitrogens with zero attached hydrogens (tertiary/aromatic N) is 3. The SMILES string of the molecule is CC(c1ccnc(C(=O)N2CCOCC2)c1)C1NC(=O)N(c2ccc(OC(F)(F)F)cc2)C1=O. The number of halogens is 3. The van der Waals surface area contributed by atoms with Crippen LogP contribution in [0.1, 0.15) is 28.9 Å². The number of rotatable bonds is 5. The Kier molecular flexibility index (Phi) is 6.42. The van der Waals surface area contributed by atoms with Crippen LogP contribution in [0.2, 0.25) is 0 Å². The van der Waals surface area contributed by atoms with E-state index in [9.17, 15) is 27.6 Å². The first-order chi connectivity index (χ1) is 16.1. The average Bonchev–Trinajstić information content (AvgIpc) is 3.12. The first-order valence-corrected chi connectivity index (χ1v) is 10.5. The number of hydrogen-bond donors (Lipinski definition) is 1. The minimum Gasteiger partial charge on any atom is -0.406 e. The number of urea groups is 1. The highest BCUT2D eigenvalue weighted by molar-refractivity contribution is 6.21. The highest BCUT2D eigenvalue weighted by Crippen LogP contribution is 2.30. The summed E-state index contributed by atoms with van der Waals surface area (Å²) in [5.74, 6) is -1.79. The summed E-state index contributed by atoms with van der Waals surface area (Å²) in [6.07, 6.45) is -3.38. The summed E-state index contributed by atoms with van der Waals surface area (Å²) < 4.78 is 46.2. The van der Waals surface area contributed by atoms with Crippen LogP contribution in [0, 0.1) is 0 Å². The minimum atomic E-state index is -4.85. The minimum absolute atomic E-state index is 0.102. The van der Waals surface area contributed by atoms with E-state index < -0.39 is 36.0 Å². The Bertz CT molecular complexity index is 1090. The fraction of sp³-hybridized carbons (Fsp3) is 0.364. The lowest BCUT2D eigenvalue weighted by molar-refractivity contribution is -0.274. The normalized spacial score (nSPS) is 19.7. The standard InChI is InChI=1S/C22H21F3N4O5/c1-13(14-6-7-26-17(12-14)19(30)28-8-10-33-11-9-28)18-20(31)29(21(32)27-18)15-2-4-16(5-3-15)34-22(23,24)25/h2-7,12-13,18H,8-11H2,1H3,(H,27,32). The molecule has 1 N–H and O–H groups in total. The molecule has 2 unspecified atom stereocenters. The number of ether oxygens (including phenoxy) is 2. The monoisotopic (exact) mass is 478 g/mol. The van der Waals surface area contributed by atoms with E-state index in [0.29, 0.717) is 31.9 Å². The van der Waals surface area contributed by atoms with Gasteiger partial charge in [0.25, 0.3) is 11.8 Å². The maximum atomic E-state index is 13.0. The number of morpholine rings is 1. The number of imide groups is 1. The lowest BCUT2D eigenvalue weighted by atomic mass is 9.93. The van der Waals surface area contributed by atoms with Gasteiger partial charge < -0.3 is 19.7 Å². The van der Waals surface area contributed by atoms with E-state index in [4.69, 9.17) is 4.74 Å². The van der Waals surface area contributed by atoms with Gasteiger partial charge in [-0.3, -0.25) is 14.6 Å². The number of pyridine rings is 1. The molecular formula is C22H21F3N4O5. The number of carbonyl (C=O) groups excluding carboxylic acids is 3. The second-order valence-corrected chi connectivity index (χ2v) is 7.81. The van der Waals surface area contributed by atoms with E-state index in [0.717, 1.165) is 17.0 Å². The number of amides is 4. The van der Waals surface area contributed by atoms with Crippen LogP contribution in [-0.2, 0) is 9.53 Å². The van der Waals surface area contributed by atoms with Crippen molar-refractivity contribution in [2.75, 3.05) is 31.2 Å². The van der Waals surface area contributed by atoms with E-state index in [1.807, 2.05) is 0 Å². The van der Waals surface area contributed by atoms with Gasteiger partial charge in [-0.05, 0) is 42.0 Å². The van der Waals surface area contributed by atoms with Crippen LogP contribution in [0.4, 0.5) is 23.7 Å². The molecule has 34 heavy (non-hydrogen) atoms. The number of carbonyl (C=O) groups is 3. The van der Waals surface area contributed by atoms with Crippen molar-refractivity contribution in [1.29, 1.82) is 0 Å². The number of anilines is 1. The predicted molar refractivity (Wildman–Crippen MR) is 112 cm³/mol. The fourth-order valence-corrected chi connectivity index (χ4v) is 3.85. The Hall–Kier alpha value is -3.67. The van der Waals surface area contributed by atoms with Crippen LogP contribution < -0.4 is 15.0 Å². The summed E-state index contributed by atoms with van der Waals surface area (Å²) in [5.41, 5.74) is 0.950. The van der Waals surface area contributed by atoms with Gasteiger partial charge in [0.15, 0.2) is 0 Å². The molecule has 180 valence electrons. The second-order valence-electron chi connectivity index (χ2n) is 7.81. The molecule has 4 amide bonds. The molecule has 12 heteroatoms. The largest absolute Gasteiger partial charge is 0.573 e. The highest BCUT2D eigenvalue weighted by atomic mass is 19.4. The van der Waals surface area contributed by atoms with Crippen molar-refractivity contribution in [3.05, 3.63) is 53.9 Å². The molecule has 3 heterocycles. The van der Waals surface area contributed by atoms with E-state index in [1.54, 1.807) is 24.0 Å². The van der Waals surface area contributed by atoms with E-state index in [2.05, 4.69) is 15.0 Å². The number of aromatic nitrogens is 1. The van der Waals surface area contributed by atoms with Crippen molar-refractivity contribution in [3.63, 3.8) is 0 Å². The summed E-state index contributed by atoms with van der Waals surface area (Å²) in [6, 6.07) is 6.03. The topological polar surface area (TPSA) is 101 Å². The van der Waals surface area contributed by atoms with Gasteiger partial charge in [0.2, 0.25) is 0 Å². The quantitative estimate of drug-likeness (QED) is 0.664. The third-order valence-electron chi connectivity index (χ3n) is 5.62. The number of hydrogen-bond acceptors (Lipinski definition) is 6. The van der Waals surface area contributed by atoms with Gasteiger partial charge in [-0.2, -0.15) is 0 Å². The Morgan fingerprint density at radius 2 is 1.85 bits per heavy atom. The van der Waals surface area contributed by atoms with Crippen molar-refractivity contribution in [2.24, 2.45) is 0 Å². The lowest BCUT2D eigenvalue weighted by Gasteiger charge is -2.26. The van der Waals surface area contributed by atoms with Crippen LogP contribution in [0.25, 0.3) is 0 Å². The number of nitrogens with one attached hydrogen (secondary N) is 1. The number of benzene rings is 1. The smallest absolute Gasteiger partial charge is 0.406 e. The molecule has 1 aromatic carbocycles. The first-order valence-electron chi connectivity index (χ1n) is 10.5. The van der Waals surface area contributed by atoms with Crippen molar-refractivity contribution in [2.45, 2.75) is 25.2 Å². The Balaban J connectivity index is 1.49. The van der Waals surface area contributed by atoms with Gasteiger partial charge >= 0.3 is 12.4 Å². The Labute approximate surface area is 192 Å².